The number of aromatic nitrogens is 2. The third-order valence-electron chi connectivity index (χ3n) is 4.81. The molecule has 1 N–H and O–H groups in total. The van der Waals surface area contributed by atoms with E-state index in [9.17, 15) is 4.79 Å². The number of nitrogens with one attached hydrogen (secondary N) is 1. The highest BCUT2D eigenvalue weighted by Gasteiger charge is 2.21. The molecule has 0 aliphatic carbocycles. The van der Waals surface area contributed by atoms with Crippen molar-refractivity contribution in [2.75, 3.05) is 36.4 Å². The van der Waals surface area contributed by atoms with Crippen LogP contribution in [0, 0.1) is 0 Å². The number of benzene rings is 2. The monoisotopic (exact) mass is 427 g/mol. The number of carbonyl (C=O) groups excluding carboxylic acids is 1. The van der Waals surface area contributed by atoms with Crippen LogP contribution in [-0.4, -0.2) is 46.5 Å². The minimum Gasteiger partial charge on any atom is -0.345 e. The summed E-state index contributed by atoms with van der Waals surface area (Å²) in [6, 6.07) is 17.3. The summed E-state index contributed by atoms with van der Waals surface area (Å²) in [5, 5.41) is 4.61. The first-order valence-corrected chi connectivity index (χ1v) is 10.8. The van der Waals surface area contributed by atoms with Crippen LogP contribution in [0.2, 0.25) is 5.02 Å². The van der Waals surface area contributed by atoms with Gasteiger partial charge >= 0.3 is 6.03 Å². The number of rotatable bonds is 4. The molecule has 3 aromatic rings. The summed E-state index contributed by atoms with van der Waals surface area (Å²) in [5.74, 6) is 0.815. The van der Waals surface area contributed by atoms with Crippen molar-refractivity contribution in [2.24, 2.45) is 0 Å². The van der Waals surface area contributed by atoms with Crippen LogP contribution in [0.5, 0.6) is 0 Å². The van der Waals surface area contributed by atoms with E-state index in [0.29, 0.717) is 13.0 Å². The fourth-order valence-electron chi connectivity index (χ4n) is 3.27. The minimum absolute atomic E-state index is 0.0567. The summed E-state index contributed by atoms with van der Waals surface area (Å²) in [5.41, 5.74) is 1.95. The normalized spacial score (nSPS) is 14.5. The molecule has 0 saturated carbocycles. The fraction of sp³-hybridized carbons (Fsp3) is 0.286. The van der Waals surface area contributed by atoms with Crippen molar-refractivity contribution in [2.45, 2.75) is 12.8 Å². The summed E-state index contributed by atoms with van der Waals surface area (Å²) in [6.07, 6.45) is 1.58. The molecule has 1 aliphatic heterocycles. The third kappa shape index (κ3) is 5.25. The van der Waals surface area contributed by atoms with E-state index in [2.05, 4.69) is 14.6 Å². The summed E-state index contributed by atoms with van der Waals surface area (Å²) in [7, 11) is 0. The average molecular weight is 428 g/mol. The van der Waals surface area contributed by atoms with Gasteiger partial charge in [-0.2, -0.15) is 4.37 Å². The second kappa shape index (κ2) is 9.24. The summed E-state index contributed by atoms with van der Waals surface area (Å²) < 4.78 is 4.51. The van der Waals surface area contributed by atoms with E-state index in [1.54, 1.807) is 0 Å². The first-order chi connectivity index (χ1) is 14.2. The number of urea groups is 1. The van der Waals surface area contributed by atoms with Crippen LogP contribution in [0.3, 0.4) is 0 Å². The number of halogens is 1. The number of anilines is 2. The zero-order valence-corrected chi connectivity index (χ0v) is 17.5. The highest BCUT2D eigenvalue weighted by molar-refractivity contribution is 7.09. The topological polar surface area (TPSA) is 61.4 Å². The van der Waals surface area contributed by atoms with Gasteiger partial charge in [0.25, 0.3) is 0 Å². The van der Waals surface area contributed by atoms with E-state index in [-0.39, 0.29) is 6.03 Å². The lowest BCUT2D eigenvalue weighted by Gasteiger charge is -2.21. The quantitative estimate of drug-likeness (QED) is 0.664. The van der Waals surface area contributed by atoms with Gasteiger partial charge in [0.05, 0.1) is 0 Å². The van der Waals surface area contributed by atoms with Gasteiger partial charge in [-0.25, -0.2) is 9.78 Å². The number of carbonyl (C=O) groups is 1. The Labute approximate surface area is 179 Å². The molecule has 2 heterocycles. The Morgan fingerprint density at radius 3 is 2.62 bits per heavy atom. The van der Waals surface area contributed by atoms with Gasteiger partial charge < -0.3 is 15.1 Å². The lowest BCUT2D eigenvalue weighted by atomic mass is 10.1. The van der Waals surface area contributed by atoms with E-state index in [1.165, 1.54) is 11.5 Å². The number of hydrogen-bond donors (Lipinski definition) is 1. The fourth-order valence-corrected chi connectivity index (χ4v) is 4.13. The van der Waals surface area contributed by atoms with E-state index in [0.717, 1.165) is 53.3 Å². The largest absolute Gasteiger partial charge is 0.345 e. The Balaban J connectivity index is 1.34. The molecule has 29 heavy (non-hydrogen) atoms. The predicted octanol–water partition coefficient (Wildman–Crippen LogP) is 4.53. The number of amides is 2. The molecule has 0 radical (unpaired) electrons. The van der Waals surface area contributed by atoms with E-state index >= 15 is 0 Å². The molecule has 0 bridgehead atoms. The Morgan fingerprint density at radius 2 is 1.83 bits per heavy atom. The van der Waals surface area contributed by atoms with Crippen molar-refractivity contribution in [3.63, 3.8) is 0 Å². The summed E-state index contributed by atoms with van der Waals surface area (Å²) in [6.45, 7) is 3.00. The van der Waals surface area contributed by atoms with Crippen LogP contribution >= 0.6 is 23.1 Å². The third-order valence-corrected chi connectivity index (χ3v) is 5.88. The number of para-hydroxylation sites is 1. The van der Waals surface area contributed by atoms with E-state index < -0.39 is 0 Å². The second-order valence-corrected chi connectivity index (χ2v) is 8.09. The molecule has 0 spiro atoms. The standard InChI is InChI=1S/C21H22ClN5OS/c22-17-9-7-16(8-10-17)15-19-24-21(29-25-19)27-12-4-11-26(13-14-27)20(28)23-18-5-2-1-3-6-18/h1-3,5-10H,4,11-15H2,(H,23,28). The summed E-state index contributed by atoms with van der Waals surface area (Å²) >= 11 is 7.37. The SMILES string of the molecule is O=C(Nc1ccccc1)N1CCCN(c2nc(Cc3ccc(Cl)cc3)ns2)CC1. The Bertz CT molecular complexity index is 947. The van der Waals surface area contributed by atoms with Crippen molar-refractivity contribution in [3.05, 3.63) is 71.0 Å². The maximum Gasteiger partial charge on any atom is 0.321 e. The van der Waals surface area contributed by atoms with Crippen LogP contribution in [0.15, 0.2) is 54.6 Å². The Kier molecular flexibility index (Phi) is 6.27. The maximum absolute atomic E-state index is 12.6. The molecule has 0 unspecified atom stereocenters. The molecule has 1 saturated heterocycles. The molecule has 0 atom stereocenters. The van der Waals surface area contributed by atoms with Crippen LogP contribution in [0.1, 0.15) is 17.8 Å². The van der Waals surface area contributed by atoms with E-state index in [1.807, 2.05) is 59.5 Å². The molecule has 1 fully saturated rings. The smallest absolute Gasteiger partial charge is 0.321 e. The van der Waals surface area contributed by atoms with Crippen molar-refractivity contribution in [1.29, 1.82) is 0 Å². The molecule has 150 valence electrons. The lowest BCUT2D eigenvalue weighted by Crippen LogP contribution is -2.38. The van der Waals surface area contributed by atoms with Crippen molar-refractivity contribution >= 4 is 40.0 Å². The van der Waals surface area contributed by atoms with Crippen molar-refractivity contribution in [1.82, 2.24) is 14.3 Å². The Morgan fingerprint density at radius 1 is 1.03 bits per heavy atom. The van der Waals surface area contributed by atoms with Gasteiger partial charge in [-0.1, -0.05) is 41.9 Å². The number of nitrogens with zero attached hydrogens (tertiary/aromatic N) is 4. The van der Waals surface area contributed by atoms with Crippen LogP contribution in [-0.2, 0) is 6.42 Å². The molecular weight excluding hydrogens is 406 g/mol. The maximum atomic E-state index is 12.6. The van der Waals surface area contributed by atoms with Gasteiger partial charge in [0.2, 0.25) is 5.13 Å². The molecule has 8 heteroatoms. The molecule has 4 rings (SSSR count). The molecule has 2 aromatic carbocycles. The zero-order valence-electron chi connectivity index (χ0n) is 15.9. The molecule has 1 aliphatic rings. The second-order valence-electron chi connectivity index (χ2n) is 6.92. The van der Waals surface area contributed by atoms with Crippen LogP contribution in [0.4, 0.5) is 15.6 Å². The zero-order chi connectivity index (χ0) is 20.1. The van der Waals surface area contributed by atoms with Gasteiger partial charge in [0, 0.05) is 54.8 Å². The van der Waals surface area contributed by atoms with Crippen molar-refractivity contribution < 1.29 is 4.79 Å². The van der Waals surface area contributed by atoms with Crippen molar-refractivity contribution in [3.8, 4) is 0 Å². The average Bonchev–Trinajstić information content (AvgIpc) is 3.05. The molecule has 2 amide bonds. The predicted molar refractivity (Wildman–Crippen MR) is 118 cm³/mol. The van der Waals surface area contributed by atoms with Crippen LogP contribution in [0.25, 0.3) is 0 Å². The van der Waals surface area contributed by atoms with Gasteiger partial charge in [0.15, 0.2) is 0 Å². The highest BCUT2D eigenvalue weighted by atomic mass is 35.5. The first kappa shape index (κ1) is 19.7. The van der Waals surface area contributed by atoms with Gasteiger partial charge in [-0.15, -0.1) is 0 Å². The van der Waals surface area contributed by atoms with Gasteiger partial charge in [0.1, 0.15) is 5.82 Å². The minimum atomic E-state index is -0.0567. The van der Waals surface area contributed by atoms with Crippen LogP contribution < -0.4 is 10.2 Å². The highest BCUT2D eigenvalue weighted by Crippen LogP contribution is 2.21. The molecular formula is C21H22ClN5OS. The van der Waals surface area contributed by atoms with Gasteiger partial charge in [-0.3, -0.25) is 0 Å². The summed E-state index contributed by atoms with van der Waals surface area (Å²) in [4.78, 5) is 21.4. The van der Waals surface area contributed by atoms with E-state index in [4.69, 9.17) is 16.6 Å². The number of hydrogen-bond acceptors (Lipinski definition) is 5. The molecule has 6 nitrogen and oxygen atoms in total. The Hall–Kier alpha value is -2.64. The first-order valence-electron chi connectivity index (χ1n) is 9.60. The molecule has 1 aromatic heterocycles. The lowest BCUT2D eigenvalue weighted by molar-refractivity contribution is 0.215. The van der Waals surface area contributed by atoms with Gasteiger partial charge in [-0.05, 0) is 36.2 Å².